The van der Waals surface area contributed by atoms with E-state index in [-0.39, 0.29) is 11.1 Å². The van der Waals surface area contributed by atoms with Crippen molar-refractivity contribution in [1.82, 2.24) is 9.80 Å². The molecule has 2 amide bonds. The topological polar surface area (TPSA) is 59.1 Å². The van der Waals surface area contributed by atoms with Gasteiger partial charge >= 0.3 is 0 Å². The van der Waals surface area contributed by atoms with Gasteiger partial charge in [0.1, 0.15) is 11.5 Å². The molecule has 2 fully saturated rings. The maximum atomic E-state index is 12.6. The Balaban J connectivity index is 1.78. The molecule has 2 heterocycles. The largest absolute Gasteiger partial charge is 0.497 e. The molecule has 0 bridgehead atoms. The predicted molar refractivity (Wildman–Crippen MR) is 97.6 cm³/mol. The summed E-state index contributed by atoms with van der Waals surface area (Å²) >= 11 is 0.979. The Labute approximate surface area is 151 Å². The molecule has 0 unspecified atom stereocenters. The monoisotopic (exact) mass is 362 g/mol. The quantitative estimate of drug-likeness (QED) is 0.750. The molecule has 0 N–H and O–H groups in total. The van der Waals surface area contributed by atoms with Crippen molar-refractivity contribution < 1.29 is 19.1 Å². The highest BCUT2D eigenvalue weighted by Gasteiger charge is 2.36. The first-order valence-corrected chi connectivity index (χ1v) is 9.14. The highest BCUT2D eigenvalue weighted by molar-refractivity contribution is 8.18. The number of hydrogen-bond acceptors (Lipinski definition) is 6. The molecule has 0 radical (unpaired) electrons. The Morgan fingerprint density at radius 3 is 2.56 bits per heavy atom. The van der Waals surface area contributed by atoms with Crippen LogP contribution in [0.2, 0.25) is 0 Å². The van der Waals surface area contributed by atoms with Crippen molar-refractivity contribution in [1.29, 1.82) is 0 Å². The second-order valence-corrected chi connectivity index (χ2v) is 7.03. The maximum Gasteiger partial charge on any atom is 0.294 e. The molecule has 25 heavy (non-hydrogen) atoms. The minimum Gasteiger partial charge on any atom is -0.497 e. The Kier molecular flexibility index (Phi) is 5.65. The van der Waals surface area contributed by atoms with Crippen molar-refractivity contribution in [2.75, 3.05) is 34.0 Å². The SMILES string of the molecule is COc1ccc(/C=C2/SC(=O)N(CN3CCCCC3)C2=O)c(OC)c1. The molecule has 0 aromatic heterocycles. The molecule has 0 atom stereocenters. The summed E-state index contributed by atoms with van der Waals surface area (Å²) in [5.41, 5.74) is 0.742. The van der Waals surface area contributed by atoms with E-state index in [0.717, 1.165) is 43.3 Å². The summed E-state index contributed by atoms with van der Waals surface area (Å²) in [5, 5.41) is -0.214. The zero-order valence-corrected chi connectivity index (χ0v) is 15.3. The van der Waals surface area contributed by atoms with Crippen molar-refractivity contribution in [3.05, 3.63) is 28.7 Å². The van der Waals surface area contributed by atoms with Gasteiger partial charge in [-0.1, -0.05) is 6.42 Å². The number of thioether (sulfide) groups is 1. The fraction of sp³-hybridized carbons (Fsp3) is 0.444. The highest BCUT2D eigenvalue weighted by Crippen LogP contribution is 2.35. The van der Waals surface area contributed by atoms with Gasteiger partial charge in [0.25, 0.3) is 11.1 Å². The summed E-state index contributed by atoms with van der Waals surface area (Å²) in [7, 11) is 3.15. The van der Waals surface area contributed by atoms with Gasteiger partial charge in [0, 0.05) is 11.6 Å². The molecule has 7 heteroatoms. The highest BCUT2D eigenvalue weighted by atomic mass is 32.2. The number of carbonyl (C=O) groups is 2. The second-order valence-electron chi connectivity index (χ2n) is 6.04. The van der Waals surface area contributed by atoms with E-state index in [9.17, 15) is 9.59 Å². The molecule has 134 valence electrons. The molecule has 1 aromatic rings. The van der Waals surface area contributed by atoms with Crippen LogP contribution in [0.3, 0.4) is 0 Å². The van der Waals surface area contributed by atoms with Gasteiger partial charge in [0.2, 0.25) is 0 Å². The van der Waals surface area contributed by atoms with Crippen LogP contribution in [0.1, 0.15) is 24.8 Å². The normalized spacial score (nSPS) is 20.4. The van der Waals surface area contributed by atoms with Gasteiger partial charge in [0.05, 0.1) is 25.8 Å². The van der Waals surface area contributed by atoms with E-state index in [2.05, 4.69) is 4.90 Å². The number of ether oxygens (including phenoxy) is 2. The lowest BCUT2D eigenvalue weighted by atomic mass is 10.1. The van der Waals surface area contributed by atoms with Gasteiger partial charge in [0.15, 0.2) is 0 Å². The van der Waals surface area contributed by atoms with Crippen molar-refractivity contribution in [3.8, 4) is 11.5 Å². The van der Waals surface area contributed by atoms with Crippen LogP contribution < -0.4 is 9.47 Å². The van der Waals surface area contributed by atoms with Gasteiger partial charge in [-0.15, -0.1) is 0 Å². The number of methoxy groups -OCH3 is 2. The standard InChI is InChI=1S/C18H22N2O4S/c1-23-14-7-6-13(15(11-14)24-2)10-16-17(21)20(18(22)25-16)12-19-8-4-3-5-9-19/h6-7,10-11H,3-5,8-9,12H2,1-2H3/b16-10+. The van der Waals surface area contributed by atoms with E-state index in [4.69, 9.17) is 9.47 Å². The number of benzene rings is 1. The molecule has 2 aliphatic rings. The molecular weight excluding hydrogens is 340 g/mol. The van der Waals surface area contributed by atoms with E-state index in [1.54, 1.807) is 32.4 Å². The van der Waals surface area contributed by atoms with Crippen LogP contribution in [0.15, 0.2) is 23.1 Å². The fourth-order valence-electron chi connectivity index (χ4n) is 3.00. The summed E-state index contributed by atoms with van der Waals surface area (Å²) in [6, 6.07) is 5.37. The molecular formula is C18H22N2O4S. The average Bonchev–Trinajstić information content (AvgIpc) is 2.90. The number of likely N-dealkylation sites (tertiary alicyclic amines) is 1. The molecule has 0 spiro atoms. The molecule has 1 aromatic carbocycles. The molecule has 0 aliphatic carbocycles. The number of carbonyl (C=O) groups excluding carboxylic acids is 2. The van der Waals surface area contributed by atoms with E-state index in [0.29, 0.717) is 23.1 Å². The van der Waals surface area contributed by atoms with Gasteiger partial charge in [-0.25, -0.2) is 0 Å². The van der Waals surface area contributed by atoms with E-state index in [1.165, 1.54) is 11.3 Å². The Morgan fingerprint density at radius 1 is 1.12 bits per heavy atom. The van der Waals surface area contributed by atoms with Gasteiger partial charge in [-0.05, 0) is 55.9 Å². The molecule has 6 nitrogen and oxygen atoms in total. The summed E-state index contributed by atoms with van der Waals surface area (Å²) in [4.78, 5) is 28.8. The lowest BCUT2D eigenvalue weighted by molar-refractivity contribution is -0.124. The third-order valence-corrected chi connectivity index (χ3v) is 5.30. The van der Waals surface area contributed by atoms with Crippen molar-refractivity contribution in [3.63, 3.8) is 0 Å². The van der Waals surface area contributed by atoms with Crippen molar-refractivity contribution in [2.24, 2.45) is 0 Å². The third-order valence-electron chi connectivity index (χ3n) is 4.39. The minimum absolute atomic E-state index is 0.214. The lowest BCUT2D eigenvalue weighted by Crippen LogP contribution is -2.42. The van der Waals surface area contributed by atoms with Crippen LogP contribution in [0.5, 0.6) is 11.5 Å². The van der Waals surface area contributed by atoms with E-state index < -0.39 is 0 Å². The van der Waals surface area contributed by atoms with Crippen LogP contribution in [0, 0.1) is 0 Å². The summed E-state index contributed by atoms with van der Waals surface area (Å²) < 4.78 is 10.5. The predicted octanol–water partition coefficient (Wildman–Crippen LogP) is 3.18. The number of piperidine rings is 1. The number of imide groups is 1. The van der Waals surface area contributed by atoms with Crippen LogP contribution in [-0.4, -0.2) is 54.9 Å². The zero-order valence-electron chi connectivity index (χ0n) is 14.5. The Morgan fingerprint density at radius 2 is 1.88 bits per heavy atom. The fourth-order valence-corrected chi connectivity index (χ4v) is 3.82. The number of nitrogens with zero attached hydrogens (tertiary/aromatic N) is 2. The number of rotatable bonds is 5. The van der Waals surface area contributed by atoms with E-state index >= 15 is 0 Å². The first-order chi connectivity index (χ1) is 12.1. The van der Waals surface area contributed by atoms with E-state index in [1.807, 2.05) is 6.07 Å². The average molecular weight is 362 g/mol. The van der Waals surface area contributed by atoms with Crippen molar-refractivity contribution >= 4 is 29.0 Å². The van der Waals surface area contributed by atoms with Gasteiger partial charge < -0.3 is 9.47 Å². The number of amides is 2. The number of hydrogen-bond donors (Lipinski definition) is 0. The van der Waals surface area contributed by atoms with Crippen LogP contribution in [0.25, 0.3) is 6.08 Å². The van der Waals surface area contributed by atoms with Gasteiger partial charge in [-0.3, -0.25) is 19.4 Å². The van der Waals surface area contributed by atoms with Crippen LogP contribution >= 0.6 is 11.8 Å². The smallest absolute Gasteiger partial charge is 0.294 e. The van der Waals surface area contributed by atoms with Crippen LogP contribution in [0.4, 0.5) is 4.79 Å². The second kappa shape index (κ2) is 7.93. The van der Waals surface area contributed by atoms with Crippen molar-refractivity contribution in [2.45, 2.75) is 19.3 Å². The minimum atomic E-state index is -0.238. The zero-order chi connectivity index (χ0) is 17.8. The summed E-state index contributed by atoms with van der Waals surface area (Å²) in [6.07, 6.45) is 5.17. The maximum absolute atomic E-state index is 12.6. The first kappa shape index (κ1) is 17.8. The third kappa shape index (κ3) is 3.99. The molecule has 0 saturated carbocycles. The summed E-state index contributed by atoms with van der Waals surface area (Å²) in [5.74, 6) is 1.04. The van der Waals surface area contributed by atoms with Crippen LogP contribution in [-0.2, 0) is 4.79 Å². The molecule has 2 saturated heterocycles. The first-order valence-electron chi connectivity index (χ1n) is 8.32. The Bertz CT molecular complexity index is 698. The summed E-state index contributed by atoms with van der Waals surface area (Å²) in [6.45, 7) is 2.25. The Hall–Kier alpha value is -1.99. The molecule has 2 aliphatic heterocycles. The molecule has 3 rings (SSSR count). The van der Waals surface area contributed by atoms with Gasteiger partial charge in [-0.2, -0.15) is 0 Å². The lowest BCUT2D eigenvalue weighted by Gasteiger charge is -2.29.